The lowest BCUT2D eigenvalue weighted by atomic mass is 9.95. The van der Waals surface area contributed by atoms with E-state index in [4.69, 9.17) is 10.3 Å². The fourth-order valence-electron chi connectivity index (χ4n) is 3.49. The van der Waals surface area contributed by atoms with Crippen molar-refractivity contribution in [3.05, 3.63) is 83.5 Å². The van der Waals surface area contributed by atoms with E-state index in [2.05, 4.69) is 51.4 Å². The van der Waals surface area contributed by atoms with E-state index < -0.39 is 0 Å². The van der Waals surface area contributed by atoms with Crippen LogP contribution in [0.1, 0.15) is 28.8 Å². The van der Waals surface area contributed by atoms with Crippen molar-refractivity contribution in [1.29, 1.82) is 0 Å². The highest BCUT2D eigenvalue weighted by atomic mass is 16.5. The largest absolute Gasteiger partial charge is 0.339 e. The average Bonchev–Trinajstić information content (AvgIpc) is 3.23. The first-order chi connectivity index (χ1) is 12.3. The van der Waals surface area contributed by atoms with Gasteiger partial charge in [0.25, 0.3) is 0 Å². The molecule has 0 amide bonds. The molecule has 3 aromatic rings. The van der Waals surface area contributed by atoms with Crippen LogP contribution < -0.4 is 5.73 Å². The van der Waals surface area contributed by atoms with Crippen LogP contribution in [0.15, 0.2) is 65.2 Å². The molecule has 128 valence electrons. The Morgan fingerprint density at radius 1 is 1.00 bits per heavy atom. The number of rotatable bonds is 5. The van der Waals surface area contributed by atoms with Gasteiger partial charge < -0.3 is 10.3 Å². The minimum atomic E-state index is 0.137. The fourth-order valence-corrected chi connectivity index (χ4v) is 3.49. The number of nitrogens with two attached hydrogens (primary N) is 1. The zero-order valence-electron chi connectivity index (χ0n) is 14.1. The Labute approximate surface area is 147 Å². The van der Waals surface area contributed by atoms with Crippen molar-refractivity contribution in [2.75, 3.05) is 13.1 Å². The summed E-state index contributed by atoms with van der Waals surface area (Å²) in [6.07, 6.45) is 0.667. The molecule has 0 spiro atoms. The molecule has 0 radical (unpaired) electrons. The second-order valence-electron chi connectivity index (χ2n) is 6.64. The molecule has 25 heavy (non-hydrogen) atoms. The number of aromatic nitrogens is 2. The highest BCUT2D eigenvalue weighted by Crippen LogP contribution is 2.27. The van der Waals surface area contributed by atoms with Crippen molar-refractivity contribution in [3.63, 3.8) is 0 Å². The quantitative estimate of drug-likeness (QED) is 0.777. The van der Waals surface area contributed by atoms with Crippen molar-refractivity contribution >= 4 is 0 Å². The Balaban J connectivity index is 1.38. The lowest BCUT2D eigenvalue weighted by Crippen LogP contribution is -2.28. The van der Waals surface area contributed by atoms with Crippen molar-refractivity contribution in [2.45, 2.75) is 24.9 Å². The highest BCUT2D eigenvalue weighted by molar-refractivity contribution is 5.23. The molecule has 0 unspecified atom stereocenters. The van der Waals surface area contributed by atoms with Crippen molar-refractivity contribution in [3.8, 4) is 0 Å². The molecule has 4 rings (SSSR count). The summed E-state index contributed by atoms with van der Waals surface area (Å²) in [4.78, 5) is 6.84. The molecule has 0 aliphatic carbocycles. The minimum Gasteiger partial charge on any atom is -0.339 e. The van der Waals surface area contributed by atoms with Crippen molar-refractivity contribution in [1.82, 2.24) is 15.0 Å². The molecule has 2 N–H and O–H groups in total. The van der Waals surface area contributed by atoms with E-state index in [1.165, 1.54) is 11.1 Å². The summed E-state index contributed by atoms with van der Waals surface area (Å²) in [5.74, 6) is 1.74. The highest BCUT2D eigenvalue weighted by Gasteiger charge is 2.31. The van der Waals surface area contributed by atoms with Crippen LogP contribution in [0.25, 0.3) is 0 Å². The second kappa shape index (κ2) is 7.17. The molecule has 1 aromatic heterocycles. The van der Waals surface area contributed by atoms with E-state index in [1.807, 2.05) is 24.3 Å². The maximum Gasteiger partial charge on any atom is 0.231 e. The monoisotopic (exact) mass is 334 g/mol. The Hall–Kier alpha value is -2.50. The SMILES string of the molecule is N[C@@H]1CN(Cc2noc(Cc3ccccc3)n2)C[C@H]1c1ccccc1. The van der Waals surface area contributed by atoms with E-state index in [9.17, 15) is 0 Å². The third-order valence-corrected chi connectivity index (χ3v) is 4.74. The van der Waals surface area contributed by atoms with Crippen LogP contribution >= 0.6 is 0 Å². The summed E-state index contributed by atoms with van der Waals surface area (Å²) in [5, 5.41) is 4.13. The van der Waals surface area contributed by atoms with E-state index >= 15 is 0 Å². The summed E-state index contributed by atoms with van der Waals surface area (Å²) in [6, 6.07) is 20.8. The topological polar surface area (TPSA) is 68.2 Å². The van der Waals surface area contributed by atoms with Gasteiger partial charge in [0, 0.05) is 25.0 Å². The molecule has 2 atom stereocenters. The van der Waals surface area contributed by atoms with Crippen LogP contribution in [-0.2, 0) is 13.0 Å². The van der Waals surface area contributed by atoms with Gasteiger partial charge in [0.2, 0.25) is 5.89 Å². The third-order valence-electron chi connectivity index (χ3n) is 4.74. The van der Waals surface area contributed by atoms with E-state index in [1.54, 1.807) is 0 Å². The predicted molar refractivity (Wildman–Crippen MR) is 96.0 cm³/mol. The van der Waals surface area contributed by atoms with Crippen molar-refractivity contribution < 1.29 is 4.52 Å². The van der Waals surface area contributed by atoms with Gasteiger partial charge in [0.15, 0.2) is 5.82 Å². The maximum atomic E-state index is 6.36. The number of nitrogens with zero attached hydrogens (tertiary/aromatic N) is 3. The third kappa shape index (κ3) is 3.78. The second-order valence-corrected chi connectivity index (χ2v) is 6.64. The molecule has 0 bridgehead atoms. The first-order valence-corrected chi connectivity index (χ1v) is 8.66. The van der Waals surface area contributed by atoms with Gasteiger partial charge in [-0.1, -0.05) is 65.8 Å². The lowest BCUT2D eigenvalue weighted by molar-refractivity contribution is 0.304. The van der Waals surface area contributed by atoms with Gasteiger partial charge in [-0.2, -0.15) is 4.98 Å². The normalized spacial score (nSPS) is 20.8. The van der Waals surface area contributed by atoms with E-state index in [0.29, 0.717) is 24.8 Å². The molecule has 1 fully saturated rings. The van der Waals surface area contributed by atoms with Crippen LogP contribution in [0.2, 0.25) is 0 Å². The molecule has 2 heterocycles. The fraction of sp³-hybridized carbons (Fsp3) is 0.300. The molecule has 1 aliphatic rings. The molecule has 0 saturated carbocycles. The van der Waals surface area contributed by atoms with Crippen molar-refractivity contribution in [2.24, 2.45) is 5.73 Å². The van der Waals surface area contributed by atoms with Gasteiger partial charge in [-0.05, 0) is 11.1 Å². The molecule has 2 aromatic carbocycles. The lowest BCUT2D eigenvalue weighted by Gasteiger charge is -2.14. The zero-order valence-corrected chi connectivity index (χ0v) is 14.1. The van der Waals surface area contributed by atoms with Gasteiger partial charge >= 0.3 is 0 Å². The Morgan fingerprint density at radius 2 is 1.72 bits per heavy atom. The summed E-state index contributed by atoms with van der Waals surface area (Å²) in [7, 11) is 0. The van der Waals surface area contributed by atoms with Crippen LogP contribution in [0, 0.1) is 0 Å². The van der Waals surface area contributed by atoms with Gasteiger partial charge in [0.1, 0.15) is 0 Å². The van der Waals surface area contributed by atoms with Crippen LogP contribution in [-0.4, -0.2) is 34.2 Å². The van der Waals surface area contributed by atoms with Gasteiger partial charge in [-0.15, -0.1) is 0 Å². The Kier molecular flexibility index (Phi) is 4.59. The smallest absolute Gasteiger partial charge is 0.231 e. The number of likely N-dealkylation sites (tertiary alicyclic amines) is 1. The molecular weight excluding hydrogens is 312 g/mol. The van der Waals surface area contributed by atoms with Gasteiger partial charge in [0.05, 0.1) is 13.0 Å². The van der Waals surface area contributed by atoms with Crippen LogP contribution in [0.3, 0.4) is 0 Å². The number of hydrogen-bond acceptors (Lipinski definition) is 5. The Morgan fingerprint density at radius 3 is 2.48 bits per heavy atom. The predicted octanol–water partition coefficient (Wildman–Crippen LogP) is 2.59. The van der Waals surface area contributed by atoms with Crippen LogP contribution in [0.5, 0.6) is 0 Å². The first-order valence-electron chi connectivity index (χ1n) is 8.66. The molecular formula is C20H22N4O. The molecule has 5 nitrogen and oxygen atoms in total. The zero-order chi connectivity index (χ0) is 17.1. The summed E-state index contributed by atoms with van der Waals surface area (Å²) < 4.78 is 5.40. The van der Waals surface area contributed by atoms with Gasteiger partial charge in [-0.3, -0.25) is 4.90 Å². The van der Waals surface area contributed by atoms with E-state index in [0.717, 1.165) is 18.9 Å². The van der Waals surface area contributed by atoms with E-state index in [-0.39, 0.29) is 6.04 Å². The maximum absolute atomic E-state index is 6.36. The summed E-state index contributed by atoms with van der Waals surface area (Å²) in [6.45, 7) is 2.45. The summed E-state index contributed by atoms with van der Waals surface area (Å²) in [5.41, 5.74) is 8.83. The standard InChI is InChI=1S/C20H22N4O/c21-18-13-24(12-17(18)16-9-5-2-6-10-16)14-19-22-20(25-23-19)11-15-7-3-1-4-8-15/h1-10,17-18H,11-14,21H2/t17-,18+/m0/s1. The van der Waals surface area contributed by atoms with Gasteiger partial charge in [-0.25, -0.2) is 0 Å². The Bertz CT molecular complexity index is 803. The first kappa shape index (κ1) is 16.0. The molecule has 1 saturated heterocycles. The average molecular weight is 334 g/mol. The molecule has 1 aliphatic heterocycles. The molecule has 5 heteroatoms. The number of benzene rings is 2. The van der Waals surface area contributed by atoms with Crippen LogP contribution in [0.4, 0.5) is 0 Å². The minimum absolute atomic E-state index is 0.137. The summed E-state index contributed by atoms with van der Waals surface area (Å²) >= 11 is 0. The number of hydrogen-bond donors (Lipinski definition) is 1.